The number of hydrogen-bond acceptors (Lipinski definition) is 4. The average molecular weight is 249 g/mol. The summed E-state index contributed by atoms with van der Waals surface area (Å²) in [6.45, 7) is 0. The summed E-state index contributed by atoms with van der Waals surface area (Å²) in [6.07, 6.45) is 0. The highest BCUT2D eigenvalue weighted by Gasteiger charge is 2.22. The Labute approximate surface area is 98.9 Å². The molecule has 0 aromatic carbocycles. The van der Waals surface area contributed by atoms with Crippen molar-refractivity contribution in [2.75, 3.05) is 0 Å². The van der Waals surface area contributed by atoms with Gasteiger partial charge in [-0.25, -0.2) is 14.6 Å². The third kappa shape index (κ3) is 1.98. The normalized spacial score (nSPS) is 10.2. The van der Waals surface area contributed by atoms with E-state index in [2.05, 4.69) is 15.0 Å². The molecule has 18 heavy (non-hydrogen) atoms. The fourth-order valence-corrected chi connectivity index (χ4v) is 1.40. The van der Waals surface area contributed by atoms with E-state index in [0.29, 0.717) is 0 Å². The monoisotopic (exact) mass is 249 g/mol. The molecule has 0 amide bonds. The standard InChI is InChI=1S/C10H7N3O5/c14-5-3-1-2-4(11-5)8-12-6(9(15)16)7(13-8)10(17)18/h1-3H,(H,11,14)(H,12,13)(H,15,16)(H,17,18). The quantitative estimate of drug-likeness (QED) is 0.611. The van der Waals surface area contributed by atoms with Gasteiger partial charge in [0.25, 0.3) is 0 Å². The van der Waals surface area contributed by atoms with Gasteiger partial charge in [0, 0.05) is 6.07 Å². The van der Waals surface area contributed by atoms with Crippen molar-refractivity contribution >= 4 is 11.9 Å². The van der Waals surface area contributed by atoms with Crippen LogP contribution < -0.4 is 5.56 Å². The maximum absolute atomic E-state index is 11.1. The zero-order valence-corrected chi connectivity index (χ0v) is 8.80. The van der Waals surface area contributed by atoms with Crippen molar-refractivity contribution in [3.05, 3.63) is 39.9 Å². The number of aromatic amines is 2. The van der Waals surface area contributed by atoms with Gasteiger partial charge in [-0.3, -0.25) is 4.79 Å². The largest absolute Gasteiger partial charge is 0.477 e. The molecule has 0 spiro atoms. The van der Waals surface area contributed by atoms with Crippen molar-refractivity contribution in [2.24, 2.45) is 0 Å². The lowest BCUT2D eigenvalue weighted by Gasteiger charge is -1.94. The maximum atomic E-state index is 11.1. The van der Waals surface area contributed by atoms with Gasteiger partial charge in [0.1, 0.15) is 0 Å². The minimum absolute atomic E-state index is 0.0255. The van der Waals surface area contributed by atoms with Crippen LogP contribution in [0.2, 0.25) is 0 Å². The van der Waals surface area contributed by atoms with E-state index >= 15 is 0 Å². The van der Waals surface area contributed by atoms with Crippen molar-refractivity contribution < 1.29 is 19.8 Å². The summed E-state index contributed by atoms with van der Waals surface area (Å²) in [7, 11) is 0. The molecule has 0 aliphatic heterocycles. The van der Waals surface area contributed by atoms with E-state index in [0.717, 1.165) is 0 Å². The molecule has 2 heterocycles. The van der Waals surface area contributed by atoms with Gasteiger partial charge in [0.05, 0.1) is 5.69 Å². The Morgan fingerprint density at radius 1 is 1.11 bits per heavy atom. The van der Waals surface area contributed by atoms with Crippen LogP contribution in [-0.4, -0.2) is 37.1 Å². The number of rotatable bonds is 3. The summed E-state index contributed by atoms with van der Waals surface area (Å²) < 4.78 is 0. The van der Waals surface area contributed by atoms with E-state index in [1.807, 2.05) is 0 Å². The van der Waals surface area contributed by atoms with E-state index < -0.39 is 28.9 Å². The van der Waals surface area contributed by atoms with Gasteiger partial charge in [-0.05, 0) is 6.07 Å². The number of pyridine rings is 1. The summed E-state index contributed by atoms with van der Waals surface area (Å²) in [5.41, 5.74) is -1.35. The molecule has 8 nitrogen and oxygen atoms in total. The molecule has 4 N–H and O–H groups in total. The highest BCUT2D eigenvalue weighted by Crippen LogP contribution is 2.15. The molecular formula is C10H7N3O5. The van der Waals surface area contributed by atoms with Gasteiger partial charge in [-0.2, -0.15) is 0 Å². The van der Waals surface area contributed by atoms with Crippen LogP contribution in [0, 0.1) is 0 Å². The average Bonchev–Trinajstić information content (AvgIpc) is 2.73. The van der Waals surface area contributed by atoms with E-state index in [-0.39, 0.29) is 11.5 Å². The number of imidazole rings is 1. The van der Waals surface area contributed by atoms with E-state index in [9.17, 15) is 14.4 Å². The van der Waals surface area contributed by atoms with Crippen LogP contribution in [-0.2, 0) is 0 Å². The molecule has 8 heteroatoms. The fourth-order valence-electron chi connectivity index (χ4n) is 1.40. The lowest BCUT2D eigenvalue weighted by molar-refractivity contribution is 0.0644. The Hall–Kier alpha value is -2.90. The van der Waals surface area contributed by atoms with Crippen LogP contribution in [0.15, 0.2) is 23.0 Å². The zero-order valence-electron chi connectivity index (χ0n) is 8.80. The van der Waals surface area contributed by atoms with Gasteiger partial charge < -0.3 is 20.2 Å². The van der Waals surface area contributed by atoms with Crippen LogP contribution in [0.1, 0.15) is 21.0 Å². The molecule has 0 saturated carbocycles. The zero-order chi connectivity index (χ0) is 13.3. The van der Waals surface area contributed by atoms with Gasteiger partial charge in [0.15, 0.2) is 17.2 Å². The number of hydrogen-bond donors (Lipinski definition) is 4. The Morgan fingerprint density at radius 2 is 1.83 bits per heavy atom. The van der Waals surface area contributed by atoms with E-state index in [4.69, 9.17) is 10.2 Å². The topological polar surface area (TPSA) is 136 Å². The second-order valence-electron chi connectivity index (χ2n) is 3.35. The van der Waals surface area contributed by atoms with Gasteiger partial charge in [0.2, 0.25) is 5.56 Å². The highest BCUT2D eigenvalue weighted by molar-refractivity contribution is 5.99. The Kier molecular flexibility index (Phi) is 2.68. The molecule has 0 radical (unpaired) electrons. The van der Waals surface area contributed by atoms with Gasteiger partial charge in [-0.15, -0.1) is 0 Å². The molecule has 0 saturated heterocycles. The Balaban J connectivity index is 2.60. The van der Waals surface area contributed by atoms with Crippen molar-refractivity contribution in [3.63, 3.8) is 0 Å². The summed E-state index contributed by atoms with van der Waals surface area (Å²) in [6, 6.07) is 4.18. The molecule has 0 aliphatic rings. The number of nitrogens with one attached hydrogen (secondary N) is 2. The second-order valence-corrected chi connectivity index (χ2v) is 3.35. The fraction of sp³-hybridized carbons (Fsp3) is 0. The molecule has 0 bridgehead atoms. The van der Waals surface area contributed by atoms with Crippen LogP contribution in [0.3, 0.4) is 0 Å². The Bertz CT molecular complexity index is 653. The minimum atomic E-state index is -1.46. The number of carboxylic acids is 2. The van der Waals surface area contributed by atoms with Gasteiger partial charge >= 0.3 is 11.9 Å². The number of aromatic carboxylic acids is 2. The predicted molar refractivity (Wildman–Crippen MR) is 58.6 cm³/mol. The summed E-state index contributed by atoms with van der Waals surface area (Å²) in [4.78, 5) is 41.1. The summed E-state index contributed by atoms with van der Waals surface area (Å²) in [5, 5.41) is 17.6. The molecule has 0 unspecified atom stereocenters. The summed E-state index contributed by atoms with van der Waals surface area (Å²) in [5.74, 6) is -2.93. The highest BCUT2D eigenvalue weighted by atomic mass is 16.4. The van der Waals surface area contributed by atoms with Crippen LogP contribution in [0.25, 0.3) is 11.5 Å². The van der Waals surface area contributed by atoms with Crippen LogP contribution in [0.4, 0.5) is 0 Å². The number of nitrogens with zero attached hydrogens (tertiary/aromatic N) is 1. The number of aromatic nitrogens is 3. The smallest absolute Gasteiger partial charge is 0.357 e. The van der Waals surface area contributed by atoms with Crippen molar-refractivity contribution in [2.45, 2.75) is 0 Å². The molecule has 2 aromatic heterocycles. The number of carbonyl (C=O) groups is 2. The Morgan fingerprint density at radius 3 is 2.33 bits per heavy atom. The van der Waals surface area contributed by atoms with Gasteiger partial charge in [-0.1, -0.05) is 6.07 Å². The third-order valence-corrected chi connectivity index (χ3v) is 2.14. The van der Waals surface area contributed by atoms with E-state index in [1.165, 1.54) is 18.2 Å². The first-order valence-electron chi connectivity index (χ1n) is 4.75. The molecular weight excluding hydrogens is 242 g/mol. The van der Waals surface area contributed by atoms with Crippen LogP contribution in [0.5, 0.6) is 0 Å². The lowest BCUT2D eigenvalue weighted by Crippen LogP contribution is -2.07. The number of H-pyrrole nitrogens is 2. The maximum Gasteiger partial charge on any atom is 0.357 e. The SMILES string of the molecule is O=C(O)c1nc(-c2cccc(=O)[nH]2)[nH]c1C(=O)O. The first kappa shape index (κ1) is 11.6. The minimum Gasteiger partial charge on any atom is -0.477 e. The first-order chi connectivity index (χ1) is 8.49. The van der Waals surface area contributed by atoms with Crippen molar-refractivity contribution in [1.82, 2.24) is 15.0 Å². The van der Waals surface area contributed by atoms with Crippen molar-refractivity contribution in [3.8, 4) is 11.5 Å². The van der Waals surface area contributed by atoms with E-state index in [1.54, 1.807) is 0 Å². The number of carboxylic acid groups (broad SMARTS) is 2. The molecule has 2 aromatic rings. The molecule has 92 valence electrons. The molecule has 0 atom stereocenters. The summed E-state index contributed by atoms with van der Waals surface area (Å²) >= 11 is 0. The third-order valence-electron chi connectivity index (χ3n) is 2.14. The molecule has 2 rings (SSSR count). The molecule has 0 aliphatic carbocycles. The van der Waals surface area contributed by atoms with Crippen LogP contribution >= 0.6 is 0 Å². The second kappa shape index (κ2) is 4.17. The predicted octanol–water partition coefficient (Wildman–Crippen LogP) is 0.161. The first-order valence-corrected chi connectivity index (χ1v) is 4.75. The lowest BCUT2D eigenvalue weighted by atomic mass is 10.3. The van der Waals surface area contributed by atoms with Crippen molar-refractivity contribution in [1.29, 1.82) is 0 Å². The molecule has 0 fully saturated rings.